The van der Waals surface area contributed by atoms with E-state index in [0.717, 1.165) is 77.6 Å². The summed E-state index contributed by atoms with van der Waals surface area (Å²) in [6.45, 7) is 4.69. The molecular formula is C51H35NO2. The lowest BCUT2D eigenvalue weighted by Crippen LogP contribution is -2.15. The molecule has 0 radical (unpaired) electrons. The van der Waals surface area contributed by atoms with E-state index in [2.05, 4.69) is 176 Å². The maximum atomic E-state index is 6.78. The molecule has 0 bridgehead atoms. The van der Waals surface area contributed by atoms with Gasteiger partial charge in [0.2, 0.25) is 0 Å². The molecule has 3 heteroatoms. The summed E-state index contributed by atoms with van der Waals surface area (Å²) in [4.78, 5) is 2.41. The summed E-state index contributed by atoms with van der Waals surface area (Å²) in [5, 5.41) is 4.43. The molecule has 0 aliphatic heterocycles. The lowest BCUT2D eigenvalue weighted by Gasteiger charge is -2.30. The maximum Gasteiger partial charge on any atom is 0.159 e. The first kappa shape index (κ1) is 30.8. The van der Waals surface area contributed by atoms with Crippen molar-refractivity contribution < 1.29 is 8.83 Å². The number of hydrogen-bond acceptors (Lipinski definition) is 3. The molecular weight excluding hydrogens is 659 g/mol. The zero-order valence-corrected chi connectivity index (χ0v) is 30.0. The predicted octanol–water partition coefficient (Wildman–Crippen LogP) is 14.6. The average molecular weight is 694 g/mol. The molecule has 8 aromatic carbocycles. The number of hydrogen-bond donors (Lipinski definition) is 0. The van der Waals surface area contributed by atoms with Crippen molar-refractivity contribution in [1.82, 2.24) is 0 Å². The van der Waals surface area contributed by atoms with Gasteiger partial charge in [0.15, 0.2) is 5.58 Å². The fourth-order valence-corrected chi connectivity index (χ4v) is 8.98. The van der Waals surface area contributed by atoms with Crippen LogP contribution in [0.2, 0.25) is 0 Å². The molecule has 2 heterocycles. The Hall–Kier alpha value is -6.84. The standard InChI is InChI=1S/C51H35NO2/c1-51(2)41-22-8-3-19-40(41)49-38(20-13-23-42(49)51)34-16-5-10-25-44(34)52(45-26-14-21-39-36-18-7-12-28-47(36)54-50(39)45)43-24-9-4-15-33(43)32-29-30-37-35-17-6-11-27-46(35)53-48(37)31-32/h3-31H,1-2H3. The Bertz CT molecular complexity index is 3100. The number of para-hydroxylation sites is 5. The van der Waals surface area contributed by atoms with Crippen LogP contribution >= 0.6 is 0 Å². The van der Waals surface area contributed by atoms with Gasteiger partial charge in [-0.25, -0.2) is 0 Å². The van der Waals surface area contributed by atoms with Crippen molar-refractivity contribution >= 4 is 60.9 Å². The Balaban J connectivity index is 1.20. The van der Waals surface area contributed by atoms with Crippen LogP contribution in [0.4, 0.5) is 17.1 Å². The van der Waals surface area contributed by atoms with Crippen molar-refractivity contribution in [3.05, 3.63) is 187 Å². The highest BCUT2D eigenvalue weighted by Gasteiger charge is 2.37. The van der Waals surface area contributed by atoms with E-state index in [9.17, 15) is 0 Å². The van der Waals surface area contributed by atoms with Gasteiger partial charge in [-0.3, -0.25) is 0 Å². The van der Waals surface area contributed by atoms with Crippen LogP contribution in [0.5, 0.6) is 0 Å². The summed E-state index contributed by atoms with van der Waals surface area (Å²) in [5.41, 5.74) is 16.3. The van der Waals surface area contributed by atoms with Crippen molar-refractivity contribution in [2.45, 2.75) is 19.3 Å². The van der Waals surface area contributed by atoms with Crippen LogP contribution in [0.25, 0.3) is 77.3 Å². The van der Waals surface area contributed by atoms with Gasteiger partial charge in [-0.05, 0) is 75.8 Å². The van der Waals surface area contributed by atoms with Crippen LogP contribution in [0, 0.1) is 0 Å². The van der Waals surface area contributed by atoms with E-state index >= 15 is 0 Å². The summed E-state index contributed by atoms with van der Waals surface area (Å²) in [6.07, 6.45) is 0. The minimum atomic E-state index is -0.113. The fourth-order valence-electron chi connectivity index (χ4n) is 8.98. The molecule has 0 fully saturated rings. The Kier molecular flexibility index (Phi) is 6.60. The van der Waals surface area contributed by atoms with Gasteiger partial charge in [-0.15, -0.1) is 0 Å². The molecule has 1 aliphatic rings. The number of furan rings is 2. The van der Waals surface area contributed by atoms with Gasteiger partial charge in [-0.2, -0.15) is 0 Å². The van der Waals surface area contributed by atoms with Crippen LogP contribution in [-0.4, -0.2) is 0 Å². The molecule has 0 saturated heterocycles. The molecule has 0 saturated carbocycles. The zero-order valence-electron chi connectivity index (χ0n) is 30.0. The van der Waals surface area contributed by atoms with E-state index in [1.54, 1.807) is 0 Å². The highest BCUT2D eigenvalue weighted by molar-refractivity contribution is 6.12. The van der Waals surface area contributed by atoms with Gasteiger partial charge in [0.1, 0.15) is 16.7 Å². The highest BCUT2D eigenvalue weighted by Crippen LogP contribution is 2.55. The van der Waals surface area contributed by atoms with Crippen LogP contribution in [0.1, 0.15) is 25.0 Å². The lowest BCUT2D eigenvalue weighted by molar-refractivity contribution is 0.660. The number of rotatable bonds is 5. The van der Waals surface area contributed by atoms with E-state index in [0.29, 0.717) is 0 Å². The molecule has 3 nitrogen and oxygen atoms in total. The Morgan fingerprint density at radius 3 is 1.74 bits per heavy atom. The largest absolute Gasteiger partial charge is 0.456 e. The first-order chi connectivity index (χ1) is 26.6. The van der Waals surface area contributed by atoms with E-state index in [1.165, 1.54) is 27.8 Å². The second-order valence-electron chi connectivity index (χ2n) is 14.8. The van der Waals surface area contributed by atoms with Crippen molar-refractivity contribution in [1.29, 1.82) is 0 Å². The minimum Gasteiger partial charge on any atom is -0.456 e. The molecule has 1 aliphatic carbocycles. The second kappa shape index (κ2) is 11.6. The van der Waals surface area contributed by atoms with E-state index < -0.39 is 0 Å². The smallest absolute Gasteiger partial charge is 0.159 e. The summed E-state index contributed by atoms with van der Waals surface area (Å²) < 4.78 is 13.2. The Labute approximate surface area is 313 Å². The lowest BCUT2D eigenvalue weighted by atomic mass is 9.82. The van der Waals surface area contributed by atoms with Crippen LogP contribution < -0.4 is 4.90 Å². The zero-order chi connectivity index (χ0) is 36.0. The quantitative estimate of drug-likeness (QED) is 0.180. The van der Waals surface area contributed by atoms with Gasteiger partial charge in [0.25, 0.3) is 0 Å². The first-order valence-corrected chi connectivity index (χ1v) is 18.6. The van der Waals surface area contributed by atoms with Crippen molar-refractivity contribution in [2.24, 2.45) is 0 Å². The molecule has 11 rings (SSSR count). The number of nitrogens with zero attached hydrogens (tertiary/aromatic N) is 1. The van der Waals surface area contributed by atoms with Gasteiger partial charge in [-0.1, -0.05) is 147 Å². The third-order valence-electron chi connectivity index (χ3n) is 11.5. The van der Waals surface area contributed by atoms with Gasteiger partial charge in [0, 0.05) is 38.1 Å². The van der Waals surface area contributed by atoms with Crippen LogP contribution in [0.3, 0.4) is 0 Å². The summed E-state index contributed by atoms with van der Waals surface area (Å²) in [6, 6.07) is 62.9. The Morgan fingerprint density at radius 2 is 0.926 bits per heavy atom. The van der Waals surface area contributed by atoms with Gasteiger partial charge < -0.3 is 13.7 Å². The fraction of sp³-hybridized carbons (Fsp3) is 0.0588. The molecule has 0 amide bonds. The molecule has 256 valence electrons. The van der Waals surface area contributed by atoms with Crippen LogP contribution in [0.15, 0.2) is 185 Å². The molecule has 0 N–H and O–H groups in total. The normalized spacial score (nSPS) is 13.1. The highest BCUT2D eigenvalue weighted by atomic mass is 16.3. The van der Waals surface area contributed by atoms with Crippen molar-refractivity contribution in [3.63, 3.8) is 0 Å². The van der Waals surface area contributed by atoms with E-state index in [4.69, 9.17) is 8.83 Å². The Morgan fingerprint density at radius 1 is 0.389 bits per heavy atom. The third-order valence-corrected chi connectivity index (χ3v) is 11.5. The monoisotopic (exact) mass is 693 g/mol. The number of anilines is 3. The summed E-state index contributed by atoms with van der Waals surface area (Å²) in [7, 11) is 0. The predicted molar refractivity (Wildman–Crippen MR) is 224 cm³/mol. The van der Waals surface area contributed by atoms with E-state index in [1.807, 2.05) is 18.2 Å². The van der Waals surface area contributed by atoms with Crippen molar-refractivity contribution in [3.8, 4) is 33.4 Å². The molecule has 54 heavy (non-hydrogen) atoms. The van der Waals surface area contributed by atoms with Crippen LogP contribution in [-0.2, 0) is 5.41 Å². The molecule has 0 spiro atoms. The molecule has 0 atom stereocenters. The van der Waals surface area contributed by atoms with E-state index in [-0.39, 0.29) is 5.41 Å². The second-order valence-corrected chi connectivity index (χ2v) is 14.8. The van der Waals surface area contributed by atoms with Crippen molar-refractivity contribution in [2.75, 3.05) is 4.90 Å². The molecule has 10 aromatic rings. The minimum absolute atomic E-state index is 0.113. The number of benzene rings is 8. The first-order valence-electron chi connectivity index (χ1n) is 18.6. The molecule has 2 aromatic heterocycles. The summed E-state index contributed by atoms with van der Waals surface area (Å²) >= 11 is 0. The maximum absolute atomic E-state index is 6.78. The topological polar surface area (TPSA) is 29.5 Å². The SMILES string of the molecule is CC1(C)c2ccccc2-c2c(-c3ccccc3N(c3ccccc3-c3ccc4c(c3)oc3ccccc34)c3cccc4c3oc3ccccc34)cccc21. The molecule has 0 unspecified atom stereocenters. The summed E-state index contributed by atoms with van der Waals surface area (Å²) in [5.74, 6) is 0. The number of fused-ring (bicyclic) bond motifs is 9. The van der Waals surface area contributed by atoms with Gasteiger partial charge >= 0.3 is 0 Å². The van der Waals surface area contributed by atoms with Gasteiger partial charge in [0.05, 0.1) is 17.1 Å². The third kappa shape index (κ3) is 4.42. The average Bonchev–Trinajstić information content (AvgIpc) is 3.86.